The molecule has 2 aromatic rings. The second kappa shape index (κ2) is 7.31. The van der Waals surface area contributed by atoms with E-state index in [1.54, 1.807) is 25.1 Å². The molecule has 21 heavy (non-hydrogen) atoms. The number of ether oxygens (including phenoxy) is 1. The van der Waals surface area contributed by atoms with E-state index in [0.717, 1.165) is 10.7 Å². The van der Waals surface area contributed by atoms with E-state index in [1.165, 1.54) is 0 Å². The van der Waals surface area contributed by atoms with Gasteiger partial charge in [0, 0.05) is 12.5 Å². The molecule has 2 N–H and O–H groups in total. The lowest BCUT2D eigenvalue weighted by Gasteiger charge is -2.17. The minimum atomic E-state index is -0.395. The van der Waals surface area contributed by atoms with Gasteiger partial charge in [-0.05, 0) is 17.7 Å². The van der Waals surface area contributed by atoms with Gasteiger partial charge in [0.2, 0.25) is 0 Å². The molecule has 0 saturated carbocycles. The van der Waals surface area contributed by atoms with Crippen LogP contribution in [0, 0.1) is 0 Å². The second-order valence-electron chi connectivity index (χ2n) is 4.41. The SMILES string of the molecule is CCC(=O)ON(N)c1cccc(OCc2ccccc2)c1. The lowest BCUT2D eigenvalue weighted by Crippen LogP contribution is -2.33. The van der Waals surface area contributed by atoms with E-state index in [2.05, 4.69) is 0 Å². The molecule has 0 fully saturated rings. The number of carbonyl (C=O) groups is 1. The number of carbonyl (C=O) groups excluding carboxylic acids is 1. The van der Waals surface area contributed by atoms with Gasteiger partial charge in [-0.3, -0.25) is 0 Å². The van der Waals surface area contributed by atoms with E-state index in [4.69, 9.17) is 15.4 Å². The third kappa shape index (κ3) is 4.50. The maximum absolute atomic E-state index is 11.2. The van der Waals surface area contributed by atoms with Crippen LogP contribution in [0.15, 0.2) is 54.6 Å². The number of benzene rings is 2. The monoisotopic (exact) mass is 286 g/mol. The molecule has 5 heteroatoms. The molecule has 0 atom stereocenters. The van der Waals surface area contributed by atoms with Gasteiger partial charge < -0.3 is 9.57 Å². The third-order valence-corrected chi connectivity index (χ3v) is 2.81. The van der Waals surface area contributed by atoms with E-state index in [0.29, 0.717) is 18.0 Å². The van der Waals surface area contributed by atoms with Crippen molar-refractivity contribution in [2.24, 2.45) is 5.84 Å². The molecule has 0 unspecified atom stereocenters. The first kappa shape index (κ1) is 14.9. The number of rotatable bonds is 6. The largest absolute Gasteiger partial charge is 0.489 e. The van der Waals surface area contributed by atoms with Gasteiger partial charge in [0.05, 0.1) is 5.69 Å². The fraction of sp³-hybridized carbons (Fsp3) is 0.188. The summed E-state index contributed by atoms with van der Waals surface area (Å²) in [5, 5.41) is 0.946. The number of nitrogens with two attached hydrogens (primary N) is 1. The quantitative estimate of drug-likeness (QED) is 0.653. The molecule has 0 saturated heterocycles. The van der Waals surface area contributed by atoms with Gasteiger partial charge in [-0.2, -0.15) is 0 Å². The fourth-order valence-electron chi connectivity index (χ4n) is 1.68. The summed E-state index contributed by atoms with van der Waals surface area (Å²) >= 11 is 0. The Morgan fingerprint density at radius 2 is 1.90 bits per heavy atom. The Bertz CT molecular complexity index is 587. The summed E-state index contributed by atoms with van der Waals surface area (Å²) in [6, 6.07) is 16.9. The molecule has 0 bridgehead atoms. The average Bonchev–Trinajstić information content (AvgIpc) is 2.54. The summed E-state index contributed by atoms with van der Waals surface area (Å²) in [4.78, 5) is 16.1. The smallest absolute Gasteiger partial charge is 0.334 e. The van der Waals surface area contributed by atoms with Crippen molar-refractivity contribution in [3.63, 3.8) is 0 Å². The van der Waals surface area contributed by atoms with Gasteiger partial charge in [0.1, 0.15) is 12.4 Å². The van der Waals surface area contributed by atoms with Crippen LogP contribution in [0.3, 0.4) is 0 Å². The predicted molar refractivity (Wildman–Crippen MR) is 80.3 cm³/mol. The van der Waals surface area contributed by atoms with Crippen LogP contribution in [0.1, 0.15) is 18.9 Å². The second-order valence-corrected chi connectivity index (χ2v) is 4.41. The Morgan fingerprint density at radius 3 is 2.62 bits per heavy atom. The molecule has 0 aromatic heterocycles. The van der Waals surface area contributed by atoms with Crippen molar-refractivity contribution < 1.29 is 14.4 Å². The first-order chi connectivity index (χ1) is 10.2. The minimum absolute atomic E-state index is 0.262. The Morgan fingerprint density at radius 1 is 1.14 bits per heavy atom. The molecule has 0 aliphatic heterocycles. The molecule has 110 valence electrons. The van der Waals surface area contributed by atoms with Crippen LogP contribution in [0.2, 0.25) is 0 Å². The Labute approximate surface area is 123 Å². The molecule has 2 aromatic carbocycles. The molecule has 0 spiro atoms. The van der Waals surface area contributed by atoms with E-state index >= 15 is 0 Å². The van der Waals surface area contributed by atoms with Gasteiger partial charge >= 0.3 is 5.97 Å². The summed E-state index contributed by atoms with van der Waals surface area (Å²) in [6.07, 6.45) is 0.262. The Kier molecular flexibility index (Phi) is 5.17. The first-order valence-electron chi connectivity index (χ1n) is 6.71. The molecule has 0 aliphatic rings. The first-order valence-corrected chi connectivity index (χ1v) is 6.71. The van der Waals surface area contributed by atoms with E-state index < -0.39 is 5.97 Å². The van der Waals surface area contributed by atoms with Gasteiger partial charge in [-0.1, -0.05) is 43.3 Å². The van der Waals surface area contributed by atoms with Crippen molar-refractivity contribution >= 4 is 11.7 Å². The molecule has 5 nitrogen and oxygen atoms in total. The van der Waals surface area contributed by atoms with Crippen LogP contribution >= 0.6 is 0 Å². The fourth-order valence-corrected chi connectivity index (χ4v) is 1.68. The van der Waals surface area contributed by atoms with E-state index in [9.17, 15) is 4.79 Å². The van der Waals surface area contributed by atoms with Crippen molar-refractivity contribution in [1.82, 2.24) is 0 Å². The standard InChI is InChI=1S/C16H18N2O3/c1-2-16(19)21-18(17)14-9-6-10-15(11-14)20-12-13-7-4-3-5-8-13/h3-11H,2,12,17H2,1H3. The molecule has 0 aliphatic carbocycles. The zero-order valence-electron chi connectivity index (χ0n) is 11.9. The van der Waals surface area contributed by atoms with Crippen molar-refractivity contribution in [1.29, 1.82) is 0 Å². The maximum Gasteiger partial charge on any atom is 0.334 e. The van der Waals surface area contributed by atoms with Crippen molar-refractivity contribution in [2.45, 2.75) is 20.0 Å². The summed E-state index contributed by atoms with van der Waals surface area (Å²) in [5.74, 6) is 5.94. The van der Waals surface area contributed by atoms with Crippen LogP contribution in [-0.4, -0.2) is 5.97 Å². The van der Waals surface area contributed by atoms with Crippen LogP contribution < -0.4 is 15.8 Å². The molecular weight excluding hydrogens is 268 g/mol. The summed E-state index contributed by atoms with van der Waals surface area (Å²) in [7, 11) is 0. The zero-order valence-corrected chi connectivity index (χ0v) is 11.9. The van der Waals surface area contributed by atoms with Gasteiger partial charge in [-0.15, -0.1) is 5.17 Å². The number of nitrogens with zero attached hydrogens (tertiary/aromatic N) is 1. The number of anilines is 1. The van der Waals surface area contributed by atoms with Crippen LogP contribution in [0.25, 0.3) is 0 Å². The molecule has 0 heterocycles. The zero-order chi connectivity index (χ0) is 15.1. The molecular formula is C16H18N2O3. The van der Waals surface area contributed by atoms with E-state index in [-0.39, 0.29) is 6.42 Å². The average molecular weight is 286 g/mol. The normalized spacial score (nSPS) is 10.0. The molecule has 2 rings (SSSR count). The highest BCUT2D eigenvalue weighted by molar-refractivity contribution is 5.70. The number of hydrogen-bond acceptors (Lipinski definition) is 5. The van der Waals surface area contributed by atoms with Crippen molar-refractivity contribution in [2.75, 3.05) is 5.17 Å². The van der Waals surface area contributed by atoms with Gasteiger partial charge in [-0.25, -0.2) is 10.6 Å². The lowest BCUT2D eigenvalue weighted by atomic mass is 10.2. The highest BCUT2D eigenvalue weighted by Gasteiger charge is 2.08. The molecule has 0 amide bonds. The minimum Gasteiger partial charge on any atom is -0.489 e. The lowest BCUT2D eigenvalue weighted by molar-refractivity contribution is -0.144. The Hall–Kier alpha value is -2.53. The highest BCUT2D eigenvalue weighted by atomic mass is 16.7. The van der Waals surface area contributed by atoms with Gasteiger partial charge in [0.15, 0.2) is 0 Å². The topological polar surface area (TPSA) is 64.8 Å². The van der Waals surface area contributed by atoms with Crippen LogP contribution in [-0.2, 0) is 16.2 Å². The van der Waals surface area contributed by atoms with Crippen molar-refractivity contribution in [3.8, 4) is 5.75 Å². The highest BCUT2D eigenvalue weighted by Crippen LogP contribution is 2.20. The van der Waals surface area contributed by atoms with Crippen molar-refractivity contribution in [3.05, 3.63) is 60.2 Å². The van der Waals surface area contributed by atoms with Crippen LogP contribution in [0.4, 0.5) is 5.69 Å². The predicted octanol–water partition coefficient (Wildman–Crippen LogP) is 2.81. The number of hydrogen-bond donors (Lipinski definition) is 1. The Balaban J connectivity index is 1.99. The summed E-state index contributed by atoms with van der Waals surface area (Å²) in [5.41, 5.74) is 1.62. The molecule has 0 radical (unpaired) electrons. The number of hydrazine groups is 1. The summed E-state index contributed by atoms with van der Waals surface area (Å²) in [6.45, 7) is 2.17. The maximum atomic E-state index is 11.2. The van der Waals surface area contributed by atoms with E-state index in [1.807, 2.05) is 36.4 Å². The van der Waals surface area contributed by atoms with Crippen LogP contribution in [0.5, 0.6) is 5.75 Å². The third-order valence-electron chi connectivity index (χ3n) is 2.81. The van der Waals surface area contributed by atoms with Gasteiger partial charge in [0.25, 0.3) is 0 Å². The summed E-state index contributed by atoms with van der Waals surface area (Å²) < 4.78 is 5.69.